The van der Waals surface area contributed by atoms with Crippen LogP contribution >= 0.6 is 23.1 Å². The first-order valence-electron chi connectivity index (χ1n) is 9.43. The largest absolute Gasteiger partial charge is 0.347 e. The molecule has 4 heterocycles. The second-order valence-corrected chi connectivity index (χ2v) is 9.59. The van der Waals surface area contributed by atoms with Gasteiger partial charge >= 0.3 is 0 Å². The number of amides is 2. The average molecular weight is 418 g/mol. The second kappa shape index (κ2) is 8.18. The van der Waals surface area contributed by atoms with E-state index in [2.05, 4.69) is 32.7 Å². The molecule has 0 spiro atoms. The van der Waals surface area contributed by atoms with E-state index >= 15 is 0 Å². The number of nitrogens with zero attached hydrogens (tertiary/aromatic N) is 3. The van der Waals surface area contributed by atoms with Gasteiger partial charge in [-0.2, -0.15) is 0 Å². The van der Waals surface area contributed by atoms with Crippen LogP contribution in [0.15, 0.2) is 33.5 Å². The first-order chi connectivity index (χ1) is 13.5. The normalized spacial score (nSPS) is 26.1. The maximum absolute atomic E-state index is 12.7. The molecular formula is C19H23N5O2S2. The van der Waals surface area contributed by atoms with Crippen molar-refractivity contribution in [3.8, 4) is 0 Å². The molecule has 0 aliphatic carbocycles. The Balaban J connectivity index is 1.37. The summed E-state index contributed by atoms with van der Waals surface area (Å²) in [5.41, 5.74) is 0.671. The summed E-state index contributed by atoms with van der Waals surface area (Å²) in [4.78, 5) is 27.2. The summed E-state index contributed by atoms with van der Waals surface area (Å²) in [7, 11) is 0. The molecule has 9 heteroatoms. The van der Waals surface area contributed by atoms with Crippen molar-refractivity contribution in [2.75, 3.05) is 18.4 Å². The lowest BCUT2D eigenvalue weighted by Gasteiger charge is -2.49. The van der Waals surface area contributed by atoms with Gasteiger partial charge in [-0.25, -0.2) is 0 Å². The number of hydrogen-bond donors (Lipinski definition) is 2. The zero-order valence-corrected chi connectivity index (χ0v) is 17.5. The predicted molar refractivity (Wildman–Crippen MR) is 110 cm³/mol. The van der Waals surface area contributed by atoms with E-state index < -0.39 is 0 Å². The summed E-state index contributed by atoms with van der Waals surface area (Å²) in [5, 5.41) is 14.4. The van der Waals surface area contributed by atoms with Crippen molar-refractivity contribution in [2.45, 2.75) is 48.0 Å². The molecule has 3 saturated heterocycles. The van der Waals surface area contributed by atoms with Gasteiger partial charge in [0, 0.05) is 29.5 Å². The topological polar surface area (TPSA) is 87.2 Å². The maximum atomic E-state index is 12.7. The summed E-state index contributed by atoms with van der Waals surface area (Å²) < 4.78 is 0.738. The Kier molecular flexibility index (Phi) is 5.65. The Morgan fingerprint density at radius 3 is 2.54 bits per heavy atom. The molecule has 5 rings (SSSR count). The Bertz CT molecular complexity index is 859. The lowest BCUT2D eigenvalue weighted by molar-refractivity contribution is -0.114. The molecule has 3 aliphatic rings. The molecule has 0 saturated carbocycles. The lowest BCUT2D eigenvalue weighted by Crippen LogP contribution is -2.62. The zero-order chi connectivity index (χ0) is 19.7. The number of piperidine rings is 3. The van der Waals surface area contributed by atoms with Gasteiger partial charge < -0.3 is 10.6 Å². The highest BCUT2D eigenvalue weighted by Gasteiger charge is 2.40. The zero-order valence-electron chi connectivity index (χ0n) is 15.8. The van der Waals surface area contributed by atoms with Crippen LogP contribution in [0.2, 0.25) is 0 Å². The van der Waals surface area contributed by atoms with Crippen LogP contribution in [0.25, 0.3) is 0 Å². The molecule has 148 valence electrons. The third kappa shape index (κ3) is 4.21. The van der Waals surface area contributed by atoms with Crippen LogP contribution in [0.5, 0.6) is 0 Å². The molecule has 2 atom stereocenters. The summed E-state index contributed by atoms with van der Waals surface area (Å²) in [6.07, 6.45) is 2.35. The van der Waals surface area contributed by atoms with Gasteiger partial charge in [0.15, 0.2) is 4.34 Å². The van der Waals surface area contributed by atoms with Crippen molar-refractivity contribution >= 4 is 40.0 Å². The quantitative estimate of drug-likeness (QED) is 0.728. The van der Waals surface area contributed by atoms with Gasteiger partial charge in [-0.3, -0.25) is 14.5 Å². The predicted octanol–water partition coefficient (Wildman–Crippen LogP) is 2.86. The molecule has 2 amide bonds. The summed E-state index contributed by atoms with van der Waals surface area (Å²) in [6.45, 7) is 5.96. The monoisotopic (exact) mass is 417 g/mol. The number of nitrogens with one attached hydrogen (secondary N) is 2. The Morgan fingerprint density at radius 1 is 1.18 bits per heavy atom. The summed E-state index contributed by atoms with van der Waals surface area (Å²) in [6, 6.07) is 8.16. The fourth-order valence-corrected chi connectivity index (χ4v) is 5.78. The standard InChI is InChI=1S/C19H23N5O2S2/c1-11-16(13-7-9-24(11)10-8-13)21-17(26)14-3-5-15(6-4-14)27-19-23-22-18(28-19)20-12(2)25/h3-6,11,13,16H,7-10H2,1-2H3,(H,21,26)(H,20,22,25)/t11-,16-/m0/s1. The molecule has 0 radical (unpaired) electrons. The van der Waals surface area contributed by atoms with Crippen molar-refractivity contribution in [1.29, 1.82) is 0 Å². The van der Waals surface area contributed by atoms with Crippen LogP contribution in [0.3, 0.4) is 0 Å². The van der Waals surface area contributed by atoms with Gasteiger partial charge in [-0.15, -0.1) is 10.2 Å². The van der Waals surface area contributed by atoms with Gasteiger partial charge in [-0.1, -0.05) is 23.1 Å². The van der Waals surface area contributed by atoms with Crippen molar-refractivity contribution in [1.82, 2.24) is 20.4 Å². The molecule has 2 N–H and O–H groups in total. The Morgan fingerprint density at radius 2 is 1.89 bits per heavy atom. The van der Waals surface area contributed by atoms with Crippen molar-refractivity contribution in [3.05, 3.63) is 29.8 Å². The highest BCUT2D eigenvalue weighted by molar-refractivity contribution is 8.01. The Labute approximate surface area is 172 Å². The van der Waals surface area contributed by atoms with E-state index in [0.29, 0.717) is 22.7 Å². The number of anilines is 1. The third-order valence-corrected chi connectivity index (χ3v) is 7.38. The van der Waals surface area contributed by atoms with Gasteiger partial charge in [0.25, 0.3) is 5.91 Å². The van der Waals surface area contributed by atoms with Crippen LogP contribution in [0.4, 0.5) is 5.13 Å². The Hall–Kier alpha value is -1.97. The summed E-state index contributed by atoms with van der Waals surface area (Å²) in [5.74, 6) is 0.417. The van der Waals surface area contributed by atoms with Crippen molar-refractivity contribution in [2.24, 2.45) is 5.92 Å². The highest BCUT2D eigenvalue weighted by Crippen LogP contribution is 2.33. The van der Waals surface area contributed by atoms with Gasteiger partial charge in [0.2, 0.25) is 11.0 Å². The second-order valence-electron chi connectivity index (χ2n) is 7.29. The highest BCUT2D eigenvalue weighted by atomic mass is 32.2. The van der Waals surface area contributed by atoms with E-state index in [1.54, 1.807) is 0 Å². The number of hydrogen-bond acceptors (Lipinski definition) is 7. The number of carbonyl (C=O) groups is 2. The van der Waals surface area contributed by atoms with Crippen molar-refractivity contribution in [3.63, 3.8) is 0 Å². The van der Waals surface area contributed by atoms with Crippen molar-refractivity contribution < 1.29 is 9.59 Å². The minimum Gasteiger partial charge on any atom is -0.347 e. The molecule has 3 fully saturated rings. The van der Waals surface area contributed by atoms with E-state index in [1.807, 2.05) is 24.3 Å². The molecule has 28 heavy (non-hydrogen) atoms. The first kappa shape index (κ1) is 19.4. The number of benzene rings is 1. The molecule has 3 aliphatic heterocycles. The van der Waals surface area contributed by atoms with E-state index in [0.717, 1.165) is 22.3 Å². The molecule has 1 aromatic carbocycles. The van der Waals surface area contributed by atoms with Crippen LogP contribution < -0.4 is 10.6 Å². The molecule has 1 aromatic heterocycles. The van der Waals surface area contributed by atoms with Crippen LogP contribution in [-0.4, -0.2) is 52.1 Å². The smallest absolute Gasteiger partial charge is 0.251 e. The van der Waals surface area contributed by atoms with E-state index in [9.17, 15) is 9.59 Å². The van der Waals surface area contributed by atoms with E-state index in [1.165, 1.54) is 42.9 Å². The van der Waals surface area contributed by atoms with E-state index in [-0.39, 0.29) is 17.9 Å². The third-order valence-electron chi connectivity index (χ3n) is 5.49. The first-order valence-corrected chi connectivity index (χ1v) is 11.1. The van der Waals surface area contributed by atoms with Crippen LogP contribution in [-0.2, 0) is 4.79 Å². The van der Waals surface area contributed by atoms with Gasteiger partial charge in [-0.05, 0) is 63.0 Å². The molecule has 0 unspecified atom stereocenters. The number of fused-ring (bicyclic) bond motifs is 3. The molecule has 2 aromatic rings. The minimum atomic E-state index is -0.166. The average Bonchev–Trinajstić information content (AvgIpc) is 3.11. The van der Waals surface area contributed by atoms with Crippen LogP contribution in [0, 0.1) is 5.92 Å². The SMILES string of the molecule is CC(=O)Nc1nnc(Sc2ccc(C(=O)N[C@@H]3C4CCN(CC4)[C@H]3C)cc2)s1. The van der Waals surface area contributed by atoms with Gasteiger partial charge in [0.1, 0.15) is 0 Å². The van der Waals surface area contributed by atoms with Gasteiger partial charge in [0.05, 0.1) is 0 Å². The minimum absolute atomic E-state index is 0.00832. The fraction of sp³-hybridized carbons (Fsp3) is 0.474. The molecular weight excluding hydrogens is 394 g/mol. The maximum Gasteiger partial charge on any atom is 0.251 e. The number of aromatic nitrogens is 2. The number of carbonyl (C=O) groups excluding carboxylic acids is 2. The summed E-state index contributed by atoms with van der Waals surface area (Å²) >= 11 is 2.78. The number of rotatable bonds is 5. The van der Waals surface area contributed by atoms with E-state index in [4.69, 9.17) is 0 Å². The molecule has 7 nitrogen and oxygen atoms in total. The molecule has 2 bridgehead atoms. The van der Waals surface area contributed by atoms with Crippen LogP contribution in [0.1, 0.15) is 37.0 Å². The lowest BCUT2D eigenvalue weighted by atomic mass is 9.79. The fourth-order valence-electron chi connectivity index (χ4n) is 4.01.